The van der Waals surface area contributed by atoms with Gasteiger partial charge < -0.3 is 5.73 Å². The Kier molecular flexibility index (Phi) is 2.58. The lowest BCUT2D eigenvalue weighted by molar-refractivity contribution is -0.118. The summed E-state index contributed by atoms with van der Waals surface area (Å²) in [6, 6.07) is 0. The number of hydrazone groups is 1. The van der Waals surface area contributed by atoms with Gasteiger partial charge >= 0.3 is 0 Å². The van der Waals surface area contributed by atoms with Crippen molar-refractivity contribution in [3.05, 3.63) is 5.69 Å². The molecule has 70 valence electrons. The van der Waals surface area contributed by atoms with E-state index in [0.717, 1.165) is 0 Å². The molecule has 3 N–H and O–H groups in total. The Labute approximate surface area is 73.9 Å². The summed E-state index contributed by atoms with van der Waals surface area (Å²) in [5.41, 5.74) is 8.40. The zero-order chi connectivity index (χ0) is 9.84. The van der Waals surface area contributed by atoms with Gasteiger partial charge in [0, 0.05) is 6.92 Å². The number of hydrogen-bond donors (Lipinski definition) is 2. The predicted molar refractivity (Wildman–Crippen MR) is 44.7 cm³/mol. The van der Waals surface area contributed by atoms with Crippen molar-refractivity contribution in [1.82, 2.24) is 15.7 Å². The van der Waals surface area contributed by atoms with Crippen molar-refractivity contribution in [2.45, 2.75) is 13.8 Å². The van der Waals surface area contributed by atoms with Crippen LogP contribution in [0.1, 0.15) is 19.5 Å². The van der Waals surface area contributed by atoms with E-state index in [0.29, 0.717) is 11.4 Å². The van der Waals surface area contributed by atoms with E-state index >= 15 is 0 Å². The van der Waals surface area contributed by atoms with Crippen LogP contribution >= 0.6 is 0 Å². The van der Waals surface area contributed by atoms with Crippen LogP contribution in [0.25, 0.3) is 0 Å². The minimum atomic E-state index is -0.269. The highest BCUT2D eigenvalue weighted by molar-refractivity contribution is 6.00. The molecule has 0 aliphatic rings. The molecule has 0 unspecified atom stereocenters. The first-order valence-electron chi connectivity index (χ1n) is 3.50. The summed E-state index contributed by atoms with van der Waals surface area (Å²) < 4.78 is 4.35. The number of nitrogens with zero attached hydrogens (tertiary/aromatic N) is 3. The van der Waals surface area contributed by atoms with Gasteiger partial charge in [-0.15, -0.1) is 0 Å². The molecule has 0 fully saturated rings. The molecule has 0 saturated heterocycles. The molecule has 13 heavy (non-hydrogen) atoms. The lowest BCUT2D eigenvalue weighted by Gasteiger charge is -1.95. The second-order valence-corrected chi connectivity index (χ2v) is 2.36. The van der Waals surface area contributed by atoms with E-state index < -0.39 is 0 Å². The zero-order valence-corrected chi connectivity index (χ0v) is 7.24. The summed E-state index contributed by atoms with van der Waals surface area (Å²) in [6.07, 6.45) is 0. The fourth-order valence-corrected chi connectivity index (χ4v) is 0.662. The lowest BCUT2D eigenvalue weighted by atomic mass is 10.3. The fourth-order valence-electron chi connectivity index (χ4n) is 0.662. The average molecular weight is 183 g/mol. The van der Waals surface area contributed by atoms with E-state index in [9.17, 15) is 4.79 Å². The summed E-state index contributed by atoms with van der Waals surface area (Å²) in [7, 11) is 0. The minimum Gasteiger partial charge on any atom is -0.379 e. The van der Waals surface area contributed by atoms with Crippen LogP contribution in [0.5, 0.6) is 0 Å². The number of aromatic nitrogens is 2. The number of anilines is 1. The van der Waals surface area contributed by atoms with Crippen LogP contribution < -0.4 is 11.2 Å². The topological polar surface area (TPSA) is 106 Å². The molecule has 1 aromatic heterocycles. The molecular formula is C6H9N5O2. The molecule has 1 heterocycles. The first kappa shape index (κ1) is 9.17. The van der Waals surface area contributed by atoms with Crippen LogP contribution in [0.2, 0.25) is 0 Å². The van der Waals surface area contributed by atoms with Crippen LogP contribution in [0, 0.1) is 0 Å². The number of rotatable bonds is 2. The van der Waals surface area contributed by atoms with Crippen LogP contribution in [0.3, 0.4) is 0 Å². The molecule has 0 aliphatic carbocycles. The van der Waals surface area contributed by atoms with E-state index in [-0.39, 0.29) is 11.7 Å². The summed E-state index contributed by atoms with van der Waals surface area (Å²) >= 11 is 0. The van der Waals surface area contributed by atoms with Crippen molar-refractivity contribution in [3.63, 3.8) is 0 Å². The summed E-state index contributed by atoms with van der Waals surface area (Å²) in [6.45, 7) is 2.98. The van der Waals surface area contributed by atoms with Gasteiger partial charge in [-0.1, -0.05) is 0 Å². The zero-order valence-electron chi connectivity index (χ0n) is 7.24. The van der Waals surface area contributed by atoms with E-state index in [1.165, 1.54) is 6.92 Å². The molecule has 0 aliphatic heterocycles. The molecule has 7 nitrogen and oxygen atoms in total. The predicted octanol–water partition coefficient (Wildman–Crippen LogP) is -0.488. The van der Waals surface area contributed by atoms with Crippen molar-refractivity contribution in [2.24, 2.45) is 5.10 Å². The molecule has 0 atom stereocenters. The maximum Gasteiger partial charge on any atom is 0.236 e. The van der Waals surface area contributed by atoms with Crippen molar-refractivity contribution in [1.29, 1.82) is 0 Å². The van der Waals surface area contributed by atoms with Crippen molar-refractivity contribution < 1.29 is 9.42 Å². The smallest absolute Gasteiger partial charge is 0.236 e. The largest absolute Gasteiger partial charge is 0.379 e. The highest BCUT2D eigenvalue weighted by Crippen LogP contribution is 2.04. The number of hydrogen-bond acceptors (Lipinski definition) is 6. The SMILES string of the molecule is CC(=O)N/N=C(\C)c1nonc1N. The van der Waals surface area contributed by atoms with Crippen LogP contribution in [0.4, 0.5) is 5.82 Å². The Balaban J connectivity index is 2.78. The molecule has 0 bridgehead atoms. The molecular weight excluding hydrogens is 174 g/mol. The number of carbonyl (C=O) groups excluding carboxylic acids is 1. The molecule has 1 rings (SSSR count). The first-order chi connectivity index (χ1) is 6.11. The van der Waals surface area contributed by atoms with E-state index in [1.54, 1.807) is 6.92 Å². The van der Waals surface area contributed by atoms with Crippen LogP contribution in [-0.4, -0.2) is 21.9 Å². The van der Waals surface area contributed by atoms with Gasteiger partial charge in [-0.3, -0.25) is 4.79 Å². The fraction of sp³-hybridized carbons (Fsp3) is 0.333. The molecule has 7 heteroatoms. The first-order valence-corrected chi connectivity index (χ1v) is 3.50. The normalized spacial score (nSPS) is 11.4. The van der Waals surface area contributed by atoms with Gasteiger partial charge in [0.15, 0.2) is 11.5 Å². The molecule has 0 radical (unpaired) electrons. The van der Waals surface area contributed by atoms with E-state index in [4.69, 9.17) is 5.73 Å². The molecule has 0 spiro atoms. The van der Waals surface area contributed by atoms with Crippen molar-refractivity contribution in [2.75, 3.05) is 5.73 Å². The lowest BCUT2D eigenvalue weighted by Crippen LogP contribution is -2.15. The maximum atomic E-state index is 10.5. The third-order valence-electron chi connectivity index (χ3n) is 1.24. The van der Waals surface area contributed by atoms with Crippen LogP contribution in [-0.2, 0) is 4.79 Å². The monoisotopic (exact) mass is 183 g/mol. The standard InChI is InChI=1S/C6H9N5O2/c1-3(8-9-4(2)12)5-6(7)11-13-10-5/h1-2H3,(H2,7,11)(H,9,12)/b8-3+. The number of nitrogens with one attached hydrogen (secondary N) is 1. The Morgan fingerprint density at radius 3 is 2.69 bits per heavy atom. The Morgan fingerprint density at radius 2 is 2.23 bits per heavy atom. The van der Waals surface area contributed by atoms with E-state index in [2.05, 4.69) is 25.5 Å². The number of nitrogen functional groups attached to an aromatic ring is 1. The van der Waals surface area contributed by atoms with Gasteiger partial charge in [-0.2, -0.15) is 5.10 Å². The van der Waals surface area contributed by atoms with Crippen LogP contribution in [0.15, 0.2) is 9.73 Å². The molecule has 1 aromatic rings. The maximum absolute atomic E-state index is 10.5. The quantitative estimate of drug-likeness (QED) is 0.475. The Morgan fingerprint density at radius 1 is 1.54 bits per heavy atom. The van der Waals surface area contributed by atoms with E-state index in [1.807, 2.05) is 0 Å². The number of carbonyl (C=O) groups is 1. The summed E-state index contributed by atoms with van der Waals surface area (Å²) in [5.74, 6) is -0.124. The molecule has 0 saturated carbocycles. The highest BCUT2D eigenvalue weighted by Gasteiger charge is 2.09. The summed E-state index contributed by atoms with van der Waals surface area (Å²) in [4.78, 5) is 10.5. The number of amides is 1. The highest BCUT2D eigenvalue weighted by atomic mass is 16.6. The summed E-state index contributed by atoms with van der Waals surface area (Å²) in [5, 5.41) is 10.6. The van der Waals surface area contributed by atoms with Gasteiger partial charge in [0.2, 0.25) is 5.91 Å². The Bertz CT molecular complexity index is 343. The Hall–Kier alpha value is -1.92. The van der Waals surface area contributed by atoms with Gasteiger partial charge in [0.25, 0.3) is 0 Å². The van der Waals surface area contributed by atoms with Gasteiger partial charge in [-0.05, 0) is 17.2 Å². The second kappa shape index (κ2) is 3.65. The minimum absolute atomic E-state index is 0.145. The molecule has 0 aromatic carbocycles. The third-order valence-corrected chi connectivity index (χ3v) is 1.24. The van der Waals surface area contributed by atoms with Gasteiger partial charge in [0.1, 0.15) is 0 Å². The number of nitrogens with two attached hydrogens (primary N) is 1. The van der Waals surface area contributed by atoms with Crippen molar-refractivity contribution in [3.8, 4) is 0 Å². The molecule has 1 amide bonds. The third kappa shape index (κ3) is 2.26. The van der Waals surface area contributed by atoms with Gasteiger partial charge in [-0.25, -0.2) is 10.1 Å². The second-order valence-electron chi connectivity index (χ2n) is 2.36. The average Bonchev–Trinajstić information content (AvgIpc) is 2.47. The van der Waals surface area contributed by atoms with Crippen molar-refractivity contribution >= 4 is 17.4 Å². The van der Waals surface area contributed by atoms with Gasteiger partial charge in [0.05, 0.1) is 5.71 Å².